The molecule has 0 spiro atoms. The molecule has 62 valence electrons. The van der Waals surface area contributed by atoms with Crippen molar-refractivity contribution in [3.8, 4) is 0 Å². The first kappa shape index (κ1) is 9.88. The van der Waals surface area contributed by atoms with Crippen LogP contribution >= 0.6 is 0 Å². The lowest BCUT2D eigenvalue weighted by Gasteiger charge is -1.95. The van der Waals surface area contributed by atoms with E-state index in [9.17, 15) is 0 Å². The van der Waals surface area contributed by atoms with Crippen molar-refractivity contribution in [2.45, 2.75) is 26.8 Å². The molecule has 0 aliphatic carbocycles. The van der Waals surface area contributed by atoms with Crippen molar-refractivity contribution in [3.63, 3.8) is 0 Å². The Morgan fingerprint density at radius 1 is 1.55 bits per heavy atom. The van der Waals surface area contributed by atoms with E-state index in [1.165, 1.54) is 0 Å². The Labute approximate surface area is 67.9 Å². The molecule has 0 aliphatic heterocycles. The summed E-state index contributed by atoms with van der Waals surface area (Å²) in [5, 5.41) is 2.84. The molecular weight excluding hydrogens is 138 g/mol. The average molecular weight is 153 g/mol. The van der Waals surface area contributed by atoms with E-state index < -0.39 is 0 Å². The van der Waals surface area contributed by atoms with Crippen molar-refractivity contribution in [2.24, 2.45) is 9.98 Å². The monoisotopic (exact) mass is 153 g/mol. The minimum Gasteiger partial charge on any atom is -0.351 e. The van der Waals surface area contributed by atoms with E-state index in [1.807, 2.05) is 20.8 Å². The summed E-state index contributed by atoms with van der Waals surface area (Å²) in [5.41, 5.74) is 0. The lowest BCUT2D eigenvalue weighted by atomic mass is 10.4. The molecule has 0 saturated heterocycles. The molecule has 0 saturated carbocycles. The molecule has 0 aliphatic rings. The highest BCUT2D eigenvalue weighted by molar-refractivity contribution is 5.87. The van der Waals surface area contributed by atoms with Gasteiger partial charge in [-0.1, -0.05) is 6.58 Å². The maximum atomic E-state index is 4.06. The van der Waals surface area contributed by atoms with Crippen LogP contribution in [0.25, 0.3) is 0 Å². The molecule has 0 atom stereocenters. The van der Waals surface area contributed by atoms with E-state index in [4.69, 9.17) is 0 Å². The van der Waals surface area contributed by atoms with Crippen LogP contribution in [0.5, 0.6) is 0 Å². The maximum Gasteiger partial charge on any atom is 0.112 e. The number of rotatable bonds is 3. The largest absolute Gasteiger partial charge is 0.351 e. The smallest absolute Gasteiger partial charge is 0.112 e. The molecule has 0 fully saturated rings. The highest BCUT2D eigenvalue weighted by atomic mass is 15.0. The second-order valence-electron chi connectivity index (χ2n) is 2.42. The van der Waals surface area contributed by atoms with Gasteiger partial charge in [-0.05, 0) is 27.0 Å². The standard InChI is InChI=1S/C8H15N3/c1-5-9-8(4)11-6-10-7(2)3/h5-7H,1H2,2-4H3,(H,9,10,11). The topological polar surface area (TPSA) is 36.8 Å². The molecule has 11 heavy (non-hydrogen) atoms. The SMILES string of the molecule is C=CN/C(C)=N/C=N\C(C)C. The summed E-state index contributed by atoms with van der Waals surface area (Å²) < 4.78 is 0. The van der Waals surface area contributed by atoms with Gasteiger partial charge in [-0.15, -0.1) is 0 Å². The van der Waals surface area contributed by atoms with Gasteiger partial charge in [0.1, 0.15) is 12.2 Å². The van der Waals surface area contributed by atoms with Crippen molar-refractivity contribution >= 4 is 12.2 Å². The Kier molecular flexibility index (Phi) is 5.07. The fourth-order valence-electron chi connectivity index (χ4n) is 0.438. The number of nitrogens with one attached hydrogen (secondary N) is 1. The summed E-state index contributed by atoms with van der Waals surface area (Å²) in [5.74, 6) is 0.796. The molecular formula is C8H15N3. The normalized spacial score (nSPS) is 12.5. The van der Waals surface area contributed by atoms with Crippen molar-refractivity contribution in [1.29, 1.82) is 0 Å². The van der Waals surface area contributed by atoms with Crippen molar-refractivity contribution in [3.05, 3.63) is 12.8 Å². The van der Waals surface area contributed by atoms with Crippen LogP contribution in [0.15, 0.2) is 22.8 Å². The number of hydrogen-bond acceptors (Lipinski definition) is 1. The molecule has 1 N–H and O–H groups in total. The van der Waals surface area contributed by atoms with Crippen molar-refractivity contribution < 1.29 is 0 Å². The Hall–Kier alpha value is -1.12. The predicted molar refractivity (Wildman–Crippen MR) is 50.1 cm³/mol. The third-order valence-corrected chi connectivity index (χ3v) is 0.927. The van der Waals surface area contributed by atoms with E-state index in [-0.39, 0.29) is 0 Å². The van der Waals surface area contributed by atoms with Gasteiger partial charge < -0.3 is 5.32 Å². The van der Waals surface area contributed by atoms with Crippen LogP contribution in [0.3, 0.4) is 0 Å². The van der Waals surface area contributed by atoms with Gasteiger partial charge in [0.05, 0.1) is 0 Å². The Bertz CT molecular complexity index is 168. The predicted octanol–water partition coefficient (Wildman–Crippen LogP) is 1.57. The van der Waals surface area contributed by atoms with Crippen LogP contribution < -0.4 is 5.32 Å². The van der Waals surface area contributed by atoms with E-state index in [2.05, 4.69) is 21.9 Å². The maximum absolute atomic E-state index is 4.06. The third-order valence-electron chi connectivity index (χ3n) is 0.927. The van der Waals surface area contributed by atoms with Crippen LogP contribution in [0.2, 0.25) is 0 Å². The minimum atomic E-state index is 0.301. The summed E-state index contributed by atoms with van der Waals surface area (Å²) in [4.78, 5) is 8.06. The van der Waals surface area contributed by atoms with Gasteiger partial charge in [0, 0.05) is 6.04 Å². The number of nitrogens with zero attached hydrogens (tertiary/aromatic N) is 2. The molecule has 0 aromatic heterocycles. The average Bonchev–Trinajstić information content (AvgIpc) is 1.87. The van der Waals surface area contributed by atoms with Crippen LogP contribution in [0.4, 0.5) is 0 Å². The summed E-state index contributed by atoms with van der Waals surface area (Å²) in [6, 6.07) is 0.301. The lowest BCUT2D eigenvalue weighted by molar-refractivity contribution is 0.839. The highest BCUT2D eigenvalue weighted by Gasteiger charge is 1.82. The van der Waals surface area contributed by atoms with Crippen LogP contribution in [0, 0.1) is 0 Å². The Morgan fingerprint density at radius 3 is 2.64 bits per heavy atom. The Balaban J connectivity index is 3.80. The van der Waals surface area contributed by atoms with Crippen molar-refractivity contribution in [2.75, 3.05) is 0 Å². The first-order valence-corrected chi connectivity index (χ1v) is 3.60. The first-order valence-electron chi connectivity index (χ1n) is 3.60. The summed E-state index contributed by atoms with van der Waals surface area (Å²) in [7, 11) is 0. The Morgan fingerprint density at radius 2 is 2.18 bits per heavy atom. The molecule has 0 rings (SSSR count). The van der Waals surface area contributed by atoms with Gasteiger partial charge in [0.15, 0.2) is 0 Å². The van der Waals surface area contributed by atoms with Crippen LogP contribution in [-0.2, 0) is 0 Å². The zero-order chi connectivity index (χ0) is 8.69. The summed E-state index contributed by atoms with van der Waals surface area (Å²) in [6.07, 6.45) is 3.14. The lowest BCUT2D eigenvalue weighted by Crippen LogP contribution is -2.12. The zero-order valence-electron chi connectivity index (χ0n) is 7.33. The first-order chi connectivity index (χ1) is 5.16. The molecule has 0 unspecified atom stereocenters. The number of hydrogen-bond donors (Lipinski definition) is 1. The summed E-state index contributed by atoms with van der Waals surface area (Å²) in [6.45, 7) is 9.37. The van der Waals surface area contributed by atoms with Gasteiger partial charge >= 0.3 is 0 Å². The molecule has 3 heteroatoms. The van der Waals surface area contributed by atoms with Gasteiger partial charge in [0.25, 0.3) is 0 Å². The number of amidine groups is 1. The minimum absolute atomic E-state index is 0.301. The second kappa shape index (κ2) is 5.65. The molecule has 0 aromatic carbocycles. The van der Waals surface area contributed by atoms with E-state index >= 15 is 0 Å². The van der Waals surface area contributed by atoms with E-state index in [1.54, 1.807) is 12.5 Å². The van der Waals surface area contributed by atoms with Gasteiger partial charge in [-0.25, -0.2) is 4.99 Å². The van der Waals surface area contributed by atoms with Crippen LogP contribution in [-0.4, -0.2) is 18.2 Å². The molecule has 0 amide bonds. The molecule has 3 nitrogen and oxygen atoms in total. The van der Waals surface area contributed by atoms with Crippen molar-refractivity contribution in [1.82, 2.24) is 5.32 Å². The van der Waals surface area contributed by atoms with Gasteiger partial charge in [-0.3, -0.25) is 4.99 Å². The van der Waals surface area contributed by atoms with E-state index in [0.29, 0.717) is 6.04 Å². The fourth-order valence-corrected chi connectivity index (χ4v) is 0.438. The highest BCUT2D eigenvalue weighted by Crippen LogP contribution is 1.82. The van der Waals surface area contributed by atoms with Crippen LogP contribution in [0.1, 0.15) is 20.8 Å². The molecule has 0 radical (unpaired) electrons. The molecule has 0 aromatic rings. The van der Waals surface area contributed by atoms with Gasteiger partial charge in [0.2, 0.25) is 0 Å². The van der Waals surface area contributed by atoms with Gasteiger partial charge in [-0.2, -0.15) is 0 Å². The zero-order valence-corrected chi connectivity index (χ0v) is 7.33. The second-order valence-corrected chi connectivity index (χ2v) is 2.42. The summed E-state index contributed by atoms with van der Waals surface area (Å²) >= 11 is 0. The van der Waals surface area contributed by atoms with E-state index in [0.717, 1.165) is 5.84 Å². The number of aliphatic imine (C=N–C) groups is 2. The molecule has 0 bridgehead atoms. The third kappa shape index (κ3) is 6.77. The fraction of sp³-hybridized carbons (Fsp3) is 0.500. The quantitative estimate of drug-likeness (QED) is 0.485. The molecule has 0 heterocycles.